The highest BCUT2D eigenvalue weighted by molar-refractivity contribution is 5.56. The Morgan fingerprint density at radius 1 is 1.18 bits per heavy atom. The van der Waals surface area contributed by atoms with Gasteiger partial charge in [0.15, 0.2) is 5.82 Å². The molecule has 4 heterocycles. The molecule has 2 aliphatic rings. The molecular weight excluding hydrogens is 356 g/mol. The van der Waals surface area contributed by atoms with Gasteiger partial charge in [0, 0.05) is 48.9 Å². The van der Waals surface area contributed by atoms with Gasteiger partial charge in [-0.05, 0) is 31.0 Å². The quantitative estimate of drug-likeness (QED) is 0.649. The molecule has 0 spiro atoms. The summed E-state index contributed by atoms with van der Waals surface area (Å²) >= 11 is 0. The average Bonchev–Trinajstić information content (AvgIpc) is 3.08. The summed E-state index contributed by atoms with van der Waals surface area (Å²) in [4.78, 5) is 23.1. The predicted octanol–water partition coefficient (Wildman–Crippen LogP) is 2.09. The van der Waals surface area contributed by atoms with Gasteiger partial charge in [0.1, 0.15) is 0 Å². The Morgan fingerprint density at radius 3 is 2.82 bits per heavy atom. The van der Waals surface area contributed by atoms with Crippen LogP contribution in [-0.4, -0.2) is 42.9 Å². The number of likely N-dealkylation sites (tertiary alicyclic amines) is 1. The second kappa shape index (κ2) is 7.27. The predicted molar refractivity (Wildman–Crippen MR) is 101 cm³/mol. The lowest BCUT2D eigenvalue weighted by Crippen LogP contribution is -2.49. The van der Waals surface area contributed by atoms with Gasteiger partial charge in [-0.1, -0.05) is 11.6 Å². The SMILES string of the molecule is O=c1ccc(-c2cccnc2)nn1CC1CN(Cc2noc(C3CCC3)n2)C1. The first-order valence-electron chi connectivity index (χ1n) is 9.78. The molecule has 144 valence electrons. The van der Waals surface area contributed by atoms with Crippen LogP contribution < -0.4 is 5.56 Å². The smallest absolute Gasteiger partial charge is 0.266 e. The molecule has 1 aliphatic carbocycles. The third kappa shape index (κ3) is 3.47. The standard InChI is InChI=1S/C20H22N6O2/c27-19-7-6-17(16-5-2-8-21-9-16)23-26(19)12-14-10-25(11-14)13-18-22-20(28-24-18)15-3-1-4-15/h2,5-9,14-15H,1,3-4,10-13H2. The fourth-order valence-electron chi connectivity index (χ4n) is 3.77. The molecule has 8 heteroatoms. The molecule has 2 fully saturated rings. The molecule has 0 radical (unpaired) electrons. The zero-order valence-corrected chi connectivity index (χ0v) is 15.6. The van der Waals surface area contributed by atoms with Crippen molar-refractivity contribution in [2.45, 2.75) is 38.3 Å². The summed E-state index contributed by atoms with van der Waals surface area (Å²) in [5.41, 5.74) is 1.60. The van der Waals surface area contributed by atoms with Crippen LogP contribution >= 0.6 is 0 Å². The normalized spacial score (nSPS) is 18.0. The molecule has 0 amide bonds. The van der Waals surface area contributed by atoms with Gasteiger partial charge in [0.05, 0.1) is 18.8 Å². The van der Waals surface area contributed by atoms with Crippen LogP contribution in [0.3, 0.4) is 0 Å². The summed E-state index contributed by atoms with van der Waals surface area (Å²) in [6, 6.07) is 7.13. The molecule has 0 bridgehead atoms. The summed E-state index contributed by atoms with van der Waals surface area (Å²) in [6.07, 6.45) is 7.05. The van der Waals surface area contributed by atoms with Crippen LogP contribution in [0.2, 0.25) is 0 Å². The second-order valence-electron chi connectivity index (χ2n) is 7.72. The van der Waals surface area contributed by atoms with Gasteiger partial charge in [-0.15, -0.1) is 0 Å². The summed E-state index contributed by atoms with van der Waals surface area (Å²) in [6.45, 7) is 3.12. The first kappa shape index (κ1) is 17.2. The Morgan fingerprint density at radius 2 is 2.07 bits per heavy atom. The van der Waals surface area contributed by atoms with Crippen molar-refractivity contribution in [1.82, 2.24) is 29.8 Å². The Bertz CT molecular complexity index is 1000. The fourth-order valence-corrected chi connectivity index (χ4v) is 3.77. The number of hydrogen-bond acceptors (Lipinski definition) is 7. The first-order valence-corrected chi connectivity index (χ1v) is 9.78. The molecule has 3 aromatic rings. The topological polar surface area (TPSA) is 89.9 Å². The molecule has 0 unspecified atom stereocenters. The van der Waals surface area contributed by atoms with E-state index in [1.807, 2.05) is 12.1 Å². The third-order valence-electron chi connectivity index (χ3n) is 5.59. The molecular formula is C20H22N6O2. The summed E-state index contributed by atoms with van der Waals surface area (Å²) in [7, 11) is 0. The molecule has 28 heavy (non-hydrogen) atoms. The molecule has 0 aromatic carbocycles. The zero-order chi connectivity index (χ0) is 18.9. The Hall–Kier alpha value is -2.87. The Labute approximate surface area is 162 Å². The second-order valence-corrected chi connectivity index (χ2v) is 7.72. The van der Waals surface area contributed by atoms with Crippen molar-refractivity contribution in [2.24, 2.45) is 5.92 Å². The number of pyridine rings is 1. The van der Waals surface area contributed by atoms with Gasteiger partial charge in [-0.25, -0.2) is 4.68 Å². The van der Waals surface area contributed by atoms with Crippen molar-refractivity contribution in [2.75, 3.05) is 13.1 Å². The van der Waals surface area contributed by atoms with Crippen molar-refractivity contribution in [3.8, 4) is 11.3 Å². The van der Waals surface area contributed by atoms with Crippen molar-refractivity contribution in [3.63, 3.8) is 0 Å². The highest BCUT2D eigenvalue weighted by Crippen LogP contribution is 2.35. The molecule has 1 saturated heterocycles. The van der Waals surface area contributed by atoms with Crippen LogP contribution in [-0.2, 0) is 13.1 Å². The van der Waals surface area contributed by atoms with Gasteiger partial charge in [0.2, 0.25) is 5.89 Å². The lowest BCUT2D eigenvalue weighted by molar-refractivity contribution is 0.0733. The fraction of sp³-hybridized carbons (Fsp3) is 0.450. The highest BCUT2D eigenvalue weighted by Gasteiger charge is 2.30. The van der Waals surface area contributed by atoms with Gasteiger partial charge in [0.25, 0.3) is 5.56 Å². The van der Waals surface area contributed by atoms with Crippen molar-refractivity contribution >= 4 is 0 Å². The minimum Gasteiger partial charge on any atom is -0.339 e. The van der Waals surface area contributed by atoms with E-state index >= 15 is 0 Å². The van der Waals surface area contributed by atoms with Crippen LogP contribution in [0.1, 0.15) is 36.9 Å². The molecule has 3 aromatic heterocycles. The monoisotopic (exact) mass is 378 g/mol. The van der Waals surface area contributed by atoms with Crippen LogP contribution in [0.15, 0.2) is 46.0 Å². The van der Waals surface area contributed by atoms with Crippen LogP contribution in [0.4, 0.5) is 0 Å². The van der Waals surface area contributed by atoms with E-state index < -0.39 is 0 Å². The maximum absolute atomic E-state index is 12.2. The van der Waals surface area contributed by atoms with Gasteiger partial charge in [-0.2, -0.15) is 10.1 Å². The van der Waals surface area contributed by atoms with Gasteiger partial charge >= 0.3 is 0 Å². The number of nitrogens with zero attached hydrogens (tertiary/aromatic N) is 6. The molecule has 0 atom stereocenters. The van der Waals surface area contributed by atoms with E-state index in [4.69, 9.17) is 4.52 Å². The van der Waals surface area contributed by atoms with Crippen molar-refractivity contribution in [1.29, 1.82) is 0 Å². The van der Waals surface area contributed by atoms with E-state index in [1.165, 1.54) is 6.42 Å². The van der Waals surface area contributed by atoms with Crippen LogP contribution in [0.25, 0.3) is 11.3 Å². The average molecular weight is 378 g/mol. The molecule has 0 N–H and O–H groups in total. The number of rotatable bonds is 6. The molecule has 1 aliphatic heterocycles. The highest BCUT2D eigenvalue weighted by atomic mass is 16.5. The van der Waals surface area contributed by atoms with E-state index in [0.29, 0.717) is 24.9 Å². The van der Waals surface area contributed by atoms with Crippen molar-refractivity contribution < 1.29 is 4.52 Å². The van der Waals surface area contributed by atoms with Crippen molar-refractivity contribution in [3.05, 3.63) is 58.7 Å². The number of hydrogen-bond donors (Lipinski definition) is 0. The maximum atomic E-state index is 12.2. The van der Waals surface area contributed by atoms with Crippen LogP contribution in [0.5, 0.6) is 0 Å². The van der Waals surface area contributed by atoms with E-state index in [9.17, 15) is 4.79 Å². The van der Waals surface area contributed by atoms with E-state index in [2.05, 4.69) is 25.1 Å². The summed E-state index contributed by atoms with van der Waals surface area (Å²) < 4.78 is 6.95. The minimum absolute atomic E-state index is 0.0746. The van der Waals surface area contributed by atoms with Gasteiger partial charge < -0.3 is 4.52 Å². The van der Waals surface area contributed by atoms with Crippen LogP contribution in [0, 0.1) is 5.92 Å². The maximum Gasteiger partial charge on any atom is 0.266 e. The largest absolute Gasteiger partial charge is 0.339 e. The summed E-state index contributed by atoms with van der Waals surface area (Å²) in [5, 5.41) is 8.63. The zero-order valence-electron chi connectivity index (χ0n) is 15.6. The third-order valence-corrected chi connectivity index (χ3v) is 5.59. The Balaban J connectivity index is 1.18. The number of aromatic nitrogens is 5. The molecule has 5 rings (SSSR count). The first-order chi connectivity index (χ1) is 13.7. The molecule has 1 saturated carbocycles. The van der Waals surface area contributed by atoms with E-state index in [-0.39, 0.29) is 5.56 Å². The Kier molecular flexibility index (Phi) is 4.48. The van der Waals surface area contributed by atoms with E-state index in [0.717, 1.165) is 48.9 Å². The lowest BCUT2D eigenvalue weighted by atomic mass is 9.85. The minimum atomic E-state index is -0.0746. The molecule has 8 nitrogen and oxygen atoms in total. The lowest BCUT2D eigenvalue weighted by Gasteiger charge is -2.38. The summed E-state index contributed by atoms with van der Waals surface area (Å²) in [5.74, 6) is 2.42. The van der Waals surface area contributed by atoms with Gasteiger partial charge in [-0.3, -0.25) is 14.7 Å². The van der Waals surface area contributed by atoms with E-state index in [1.54, 1.807) is 29.2 Å².